The number of piperidine rings is 1. The first-order valence-corrected chi connectivity index (χ1v) is 9.73. The minimum atomic E-state index is 0.0262. The van der Waals surface area contributed by atoms with Gasteiger partial charge in [0, 0.05) is 37.1 Å². The quantitative estimate of drug-likeness (QED) is 0.696. The van der Waals surface area contributed by atoms with Crippen LogP contribution >= 0.6 is 0 Å². The van der Waals surface area contributed by atoms with Crippen molar-refractivity contribution >= 4 is 17.5 Å². The summed E-state index contributed by atoms with van der Waals surface area (Å²) in [6.45, 7) is 1.50. The molecule has 3 heterocycles. The van der Waals surface area contributed by atoms with Gasteiger partial charge in [0.15, 0.2) is 6.61 Å². The summed E-state index contributed by atoms with van der Waals surface area (Å²) in [5.41, 5.74) is 1.03. The average molecular weight is 389 g/mol. The summed E-state index contributed by atoms with van der Waals surface area (Å²) in [6.07, 6.45) is 6.71. The summed E-state index contributed by atoms with van der Waals surface area (Å²) in [5.74, 6) is 2.48. The molecule has 29 heavy (non-hydrogen) atoms. The summed E-state index contributed by atoms with van der Waals surface area (Å²) in [7, 11) is 0. The number of pyridine rings is 1. The van der Waals surface area contributed by atoms with Crippen LogP contribution in [0.2, 0.25) is 0 Å². The van der Waals surface area contributed by atoms with Gasteiger partial charge in [0.2, 0.25) is 0 Å². The number of carbonyl (C=O) groups excluding carboxylic acids is 1. The number of nitrogens with zero attached hydrogens (tertiary/aromatic N) is 4. The third-order valence-corrected chi connectivity index (χ3v) is 4.96. The van der Waals surface area contributed by atoms with E-state index in [0.29, 0.717) is 30.6 Å². The van der Waals surface area contributed by atoms with E-state index in [-0.39, 0.29) is 12.5 Å². The standard InChI is InChI=1S/C22H23N5O2/c28-22(16-29-18-5-2-1-3-6-18)27-13-9-17(10-14-27)19-7-4-8-20(25-19)26-21-15-23-11-12-24-21/h1-8,11-12,15,17H,9-10,13-14,16H2,(H,24,25,26). The molecule has 4 rings (SSSR count). The van der Waals surface area contributed by atoms with Gasteiger partial charge in [-0.05, 0) is 37.1 Å². The smallest absolute Gasteiger partial charge is 0.260 e. The number of ether oxygens (including phenoxy) is 1. The molecule has 0 aliphatic carbocycles. The van der Waals surface area contributed by atoms with E-state index in [1.807, 2.05) is 53.4 Å². The Labute approximate surface area is 169 Å². The predicted octanol–water partition coefficient (Wildman–Crippen LogP) is 3.40. The van der Waals surface area contributed by atoms with Crippen LogP contribution in [0.5, 0.6) is 5.75 Å². The van der Waals surface area contributed by atoms with Crippen molar-refractivity contribution in [2.45, 2.75) is 18.8 Å². The minimum absolute atomic E-state index is 0.0262. The Morgan fingerprint density at radius 1 is 1.03 bits per heavy atom. The number of anilines is 2. The molecule has 7 heteroatoms. The van der Waals surface area contributed by atoms with Crippen LogP contribution in [0, 0.1) is 0 Å². The lowest BCUT2D eigenvalue weighted by Gasteiger charge is -2.31. The highest BCUT2D eigenvalue weighted by Crippen LogP contribution is 2.28. The Morgan fingerprint density at radius 2 is 1.86 bits per heavy atom. The van der Waals surface area contributed by atoms with E-state index in [2.05, 4.69) is 15.3 Å². The summed E-state index contributed by atoms with van der Waals surface area (Å²) in [4.78, 5) is 27.3. The molecule has 0 spiro atoms. The molecule has 7 nitrogen and oxygen atoms in total. The molecule has 1 aromatic carbocycles. The molecule has 1 amide bonds. The molecule has 0 atom stereocenters. The van der Waals surface area contributed by atoms with Gasteiger partial charge in [-0.2, -0.15) is 0 Å². The van der Waals surface area contributed by atoms with Gasteiger partial charge in [-0.25, -0.2) is 9.97 Å². The van der Waals surface area contributed by atoms with Crippen LogP contribution in [0.3, 0.4) is 0 Å². The molecule has 0 radical (unpaired) electrons. The molecule has 1 aliphatic rings. The molecule has 0 unspecified atom stereocenters. The van der Waals surface area contributed by atoms with Crippen LogP contribution in [0.15, 0.2) is 67.1 Å². The zero-order valence-corrected chi connectivity index (χ0v) is 16.1. The molecule has 0 bridgehead atoms. The Kier molecular flexibility index (Phi) is 5.95. The first-order valence-electron chi connectivity index (χ1n) is 9.73. The van der Waals surface area contributed by atoms with Crippen molar-refractivity contribution in [3.8, 4) is 5.75 Å². The predicted molar refractivity (Wildman–Crippen MR) is 110 cm³/mol. The first kappa shape index (κ1) is 18.9. The Morgan fingerprint density at radius 3 is 2.62 bits per heavy atom. The normalized spacial score (nSPS) is 14.4. The summed E-state index contributed by atoms with van der Waals surface area (Å²) in [6, 6.07) is 15.4. The van der Waals surface area contributed by atoms with Gasteiger partial charge >= 0.3 is 0 Å². The minimum Gasteiger partial charge on any atom is -0.484 e. The third-order valence-electron chi connectivity index (χ3n) is 4.96. The zero-order valence-electron chi connectivity index (χ0n) is 16.1. The fraction of sp³-hybridized carbons (Fsp3) is 0.273. The highest BCUT2D eigenvalue weighted by molar-refractivity contribution is 5.77. The van der Waals surface area contributed by atoms with E-state index in [0.717, 1.165) is 24.4 Å². The number of amides is 1. The van der Waals surface area contributed by atoms with Crippen molar-refractivity contribution in [1.29, 1.82) is 0 Å². The van der Waals surface area contributed by atoms with E-state index in [4.69, 9.17) is 9.72 Å². The number of rotatable bonds is 6. The van der Waals surface area contributed by atoms with Crippen LogP contribution in [-0.4, -0.2) is 45.5 Å². The number of carbonyl (C=O) groups is 1. The van der Waals surface area contributed by atoms with Crippen molar-refractivity contribution in [1.82, 2.24) is 19.9 Å². The lowest BCUT2D eigenvalue weighted by Crippen LogP contribution is -2.40. The fourth-order valence-corrected chi connectivity index (χ4v) is 3.42. The molecule has 148 valence electrons. The number of hydrogen-bond donors (Lipinski definition) is 1. The SMILES string of the molecule is O=C(COc1ccccc1)N1CCC(c2cccc(Nc3cnccn3)n2)CC1. The second kappa shape index (κ2) is 9.14. The summed E-state index contributed by atoms with van der Waals surface area (Å²) >= 11 is 0. The van der Waals surface area contributed by atoms with Gasteiger partial charge in [0.25, 0.3) is 5.91 Å². The Balaban J connectivity index is 1.30. The Bertz CT molecular complexity index is 928. The average Bonchev–Trinajstić information content (AvgIpc) is 2.79. The molecule has 1 fully saturated rings. The lowest BCUT2D eigenvalue weighted by molar-refractivity contribution is -0.134. The number of hydrogen-bond acceptors (Lipinski definition) is 6. The molecular formula is C22H23N5O2. The van der Waals surface area contributed by atoms with Crippen molar-refractivity contribution in [2.75, 3.05) is 25.0 Å². The van der Waals surface area contributed by atoms with Crippen LogP contribution in [-0.2, 0) is 4.79 Å². The fourth-order valence-electron chi connectivity index (χ4n) is 3.42. The number of para-hydroxylation sites is 1. The van der Waals surface area contributed by atoms with E-state index in [9.17, 15) is 4.79 Å². The van der Waals surface area contributed by atoms with Crippen molar-refractivity contribution < 1.29 is 9.53 Å². The summed E-state index contributed by atoms with van der Waals surface area (Å²) in [5, 5.41) is 3.18. The number of aromatic nitrogens is 3. The van der Waals surface area contributed by atoms with Crippen molar-refractivity contribution in [3.63, 3.8) is 0 Å². The topological polar surface area (TPSA) is 80.2 Å². The highest BCUT2D eigenvalue weighted by Gasteiger charge is 2.25. The molecule has 0 saturated carbocycles. The number of likely N-dealkylation sites (tertiary alicyclic amines) is 1. The second-order valence-corrected chi connectivity index (χ2v) is 6.92. The maximum atomic E-state index is 12.4. The van der Waals surface area contributed by atoms with Crippen molar-refractivity contribution in [2.24, 2.45) is 0 Å². The van der Waals surface area contributed by atoms with Gasteiger partial charge in [0.05, 0.1) is 6.20 Å². The maximum Gasteiger partial charge on any atom is 0.260 e. The van der Waals surface area contributed by atoms with E-state index < -0.39 is 0 Å². The van der Waals surface area contributed by atoms with Gasteiger partial charge in [-0.3, -0.25) is 9.78 Å². The Hall–Kier alpha value is -3.48. The van der Waals surface area contributed by atoms with E-state index in [1.54, 1.807) is 18.6 Å². The van der Waals surface area contributed by atoms with Crippen LogP contribution in [0.1, 0.15) is 24.5 Å². The van der Waals surface area contributed by atoms with Crippen LogP contribution < -0.4 is 10.1 Å². The largest absolute Gasteiger partial charge is 0.484 e. The van der Waals surface area contributed by atoms with Crippen molar-refractivity contribution in [3.05, 3.63) is 72.8 Å². The second-order valence-electron chi connectivity index (χ2n) is 6.92. The third kappa shape index (κ3) is 5.07. The van der Waals surface area contributed by atoms with E-state index in [1.165, 1.54) is 0 Å². The van der Waals surface area contributed by atoms with Gasteiger partial charge in [-0.15, -0.1) is 0 Å². The first-order chi connectivity index (χ1) is 14.3. The van der Waals surface area contributed by atoms with E-state index >= 15 is 0 Å². The molecule has 1 N–H and O–H groups in total. The summed E-state index contributed by atoms with van der Waals surface area (Å²) < 4.78 is 5.58. The van der Waals surface area contributed by atoms with Gasteiger partial charge < -0.3 is 15.0 Å². The molecule has 3 aromatic rings. The monoisotopic (exact) mass is 389 g/mol. The molecular weight excluding hydrogens is 366 g/mol. The zero-order chi connectivity index (χ0) is 19.9. The highest BCUT2D eigenvalue weighted by atomic mass is 16.5. The van der Waals surface area contributed by atoms with Crippen LogP contribution in [0.25, 0.3) is 0 Å². The lowest BCUT2D eigenvalue weighted by atomic mass is 9.93. The molecule has 1 saturated heterocycles. The molecule has 1 aliphatic heterocycles. The van der Waals surface area contributed by atoms with Gasteiger partial charge in [0.1, 0.15) is 17.4 Å². The van der Waals surface area contributed by atoms with Crippen LogP contribution in [0.4, 0.5) is 11.6 Å². The number of nitrogens with one attached hydrogen (secondary N) is 1. The number of benzene rings is 1. The maximum absolute atomic E-state index is 12.4. The van der Waals surface area contributed by atoms with Gasteiger partial charge in [-0.1, -0.05) is 24.3 Å². The molecule has 2 aromatic heterocycles.